The number of carbonyl (C=O) groups is 1. The third-order valence-electron chi connectivity index (χ3n) is 3.28. The number of methoxy groups -OCH3 is 1. The fourth-order valence-electron chi connectivity index (χ4n) is 2.14. The molecule has 0 fully saturated rings. The number of rotatable bonds is 6. The minimum absolute atomic E-state index is 0.0632. The minimum atomic E-state index is -0.882. The van der Waals surface area contributed by atoms with Crippen LogP contribution in [0.15, 0.2) is 23.6 Å². The summed E-state index contributed by atoms with van der Waals surface area (Å²) in [7, 11) is 1.64. The van der Waals surface area contributed by atoms with Gasteiger partial charge in [0.1, 0.15) is 23.1 Å². The van der Waals surface area contributed by atoms with Crippen LogP contribution in [0.1, 0.15) is 37.0 Å². The number of aromatic nitrogens is 1. The Bertz CT molecular complexity index is 688. The Balaban J connectivity index is 2.14. The highest BCUT2D eigenvalue weighted by Gasteiger charge is 2.20. The second-order valence-corrected chi connectivity index (χ2v) is 7.15. The Hall–Kier alpha value is -2.08. The van der Waals surface area contributed by atoms with Crippen LogP contribution in [0.4, 0.5) is 0 Å². The molecule has 0 saturated carbocycles. The van der Waals surface area contributed by atoms with Crippen molar-refractivity contribution in [1.29, 1.82) is 0 Å². The van der Waals surface area contributed by atoms with Gasteiger partial charge in [0.15, 0.2) is 0 Å². The lowest BCUT2D eigenvalue weighted by Crippen LogP contribution is -2.13. The smallest absolute Gasteiger partial charge is 0.309 e. The molecule has 1 aromatic heterocycles. The molecule has 5 nitrogen and oxygen atoms in total. The van der Waals surface area contributed by atoms with Gasteiger partial charge in [-0.3, -0.25) is 4.79 Å². The molecule has 0 bridgehead atoms. The van der Waals surface area contributed by atoms with Crippen LogP contribution in [0.2, 0.25) is 0 Å². The number of thiazole rings is 1. The number of carboxylic acids is 1. The van der Waals surface area contributed by atoms with Crippen LogP contribution in [0.5, 0.6) is 11.5 Å². The van der Waals surface area contributed by atoms with E-state index in [9.17, 15) is 4.79 Å². The van der Waals surface area contributed by atoms with E-state index in [-0.39, 0.29) is 11.8 Å². The van der Waals surface area contributed by atoms with Crippen molar-refractivity contribution < 1.29 is 19.4 Å². The zero-order valence-corrected chi connectivity index (χ0v) is 14.6. The topological polar surface area (TPSA) is 68.7 Å². The zero-order chi connectivity index (χ0) is 17.0. The van der Waals surface area contributed by atoms with Gasteiger partial charge in [0.25, 0.3) is 0 Å². The highest BCUT2D eigenvalue weighted by Crippen LogP contribution is 2.34. The molecule has 2 aromatic rings. The molecule has 0 amide bonds. The average molecular weight is 335 g/mol. The van der Waals surface area contributed by atoms with Crippen molar-refractivity contribution in [2.75, 3.05) is 7.11 Å². The van der Waals surface area contributed by atoms with Crippen molar-refractivity contribution in [1.82, 2.24) is 4.98 Å². The molecule has 1 aromatic carbocycles. The van der Waals surface area contributed by atoms with Gasteiger partial charge in [-0.2, -0.15) is 0 Å². The van der Waals surface area contributed by atoms with Crippen molar-refractivity contribution >= 4 is 17.3 Å². The lowest BCUT2D eigenvalue weighted by Gasteiger charge is -2.23. The van der Waals surface area contributed by atoms with Gasteiger partial charge in [0.05, 0.1) is 19.2 Å². The predicted molar refractivity (Wildman–Crippen MR) is 89.5 cm³/mol. The third kappa shape index (κ3) is 4.69. The molecular formula is C17H21NO4S. The quantitative estimate of drug-likeness (QED) is 0.872. The zero-order valence-electron chi connectivity index (χ0n) is 13.8. The Labute approximate surface area is 139 Å². The maximum atomic E-state index is 10.7. The Kier molecular flexibility index (Phi) is 5.26. The second-order valence-electron chi connectivity index (χ2n) is 6.20. The molecule has 124 valence electrons. The van der Waals surface area contributed by atoms with Gasteiger partial charge in [-0.05, 0) is 23.6 Å². The maximum absolute atomic E-state index is 10.7. The molecule has 6 heteroatoms. The number of nitrogens with zero attached hydrogens (tertiary/aromatic N) is 1. The summed E-state index contributed by atoms with van der Waals surface area (Å²) in [6, 6.07) is 5.74. The van der Waals surface area contributed by atoms with E-state index in [1.54, 1.807) is 12.5 Å². The van der Waals surface area contributed by atoms with Crippen LogP contribution in [0.3, 0.4) is 0 Å². The Morgan fingerprint density at radius 2 is 2.09 bits per heavy atom. The van der Waals surface area contributed by atoms with Gasteiger partial charge in [0, 0.05) is 10.9 Å². The monoisotopic (exact) mass is 335 g/mol. The third-order valence-corrected chi connectivity index (χ3v) is 4.15. The lowest BCUT2D eigenvalue weighted by atomic mass is 9.86. The Morgan fingerprint density at radius 1 is 1.35 bits per heavy atom. The summed E-state index contributed by atoms with van der Waals surface area (Å²) in [5, 5.41) is 11.3. The molecule has 0 saturated heterocycles. The maximum Gasteiger partial charge on any atom is 0.309 e. The molecule has 0 spiro atoms. The predicted octanol–water partition coefficient (Wildman–Crippen LogP) is 3.66. The van der Waals surface area contributed by atoms with Gasteiger partial charge in [-0.1, -0.05) is 20.8 Å². The van der Waals surface area contributed by atoms with E-state index >= 15 is 0 Å². The number of hydrogen-bond donors (Lipinski definition) is 1. The van der Waals surface area contributed by atoms with Gasteiger partial charge < -0.3 is 14.6 Å². The summed E-state index contributed by atoms with van der Waals surface area (Å²) in [4.78, 5) is 15.0. The molecule has 0 unspecified atom stereocenters. The van der Waals surface area contributed by atoms with Crippen LogP contribution >= 0.6 is 11.3 Å². The summed E-state index contributed by atoms with van der Waals surface area (Å²) in [6.45, 7) is 6.66. The van der Waals surface area contributed by atoms with Crippen LogP contribution in [-0.4, -0.2) is 23.2 Å². The normalized spacial score (nSPS) is 11.3. The molecule has 0 radical (unpaired) electrons. The number of carboxylic acid groups (broad SMARTS) is 1. The van der Waals surface area contributed by atoms with Gasteiger partial charge in [-0.15, -0.1) is 11.3 Å². The molecule has 0 atom stereocenters. The largest absolute Gasteiger partial charge is 0.497 e. The fraction of sp³-hybridized carbons (Fsp3) is 0.412. The highest BCUT2D eigenvalue weighted by atomic mass is 32.1. The first-order valence-electron chi connectivity index (χ1n) is 7.26. The van der Waals surface area contributed by atoms with Crippen molar-refractivity contribution in [3.8, 4) is 11.5 Å². The van der Waals surface area contributed by atoms with Crippen LogP contribution < -0.4 is 9.47 Å². The molecule has 0 aliphatic carbocycles. The van der Waals surface area contributed by atoms with Gasteiger partial charge in [-0.25, -0.2) is 4.98 Å². The van der Waals surface area contributed by atoms with E-state index in [0.29, 0.717) is 12.3 Å². The van der Waals surface area contributed by atoms with Gasteiger partial charge >= 0.3 is 5.97 Å². The van der Waals surface area contributed by atoms with Crippen molar-refractivity contribution in [3.63, 3.8) is 0 Å². The summed E-state index contributed by atoms with van der Waals surface area (Å²) in [5.41, 5.74) is 1.53. The first-order valence-corrected chi connectivity index (χ1v) is 8.14. The van der Waals surface area contributed by atoms with Crippen LogP contribution in [0, 0.1) is 0 Å². The highest BCUT2D eigenvalue weighted by molar-refractivity contribution is 7.09. The van der Waals surface area contributed by atoms with E-state index in [2.05, 4.69) is 25.8 Å². The summed E-state index contributed by atoms with van der Waals surface area (Å²) in [6.07, 6.45) is -0.0632. The van der Waals surface area contributed by atoms with Crippen LogP contribution in [0.25, 0.3) is 0 Å². The average Bonchev–Trinajstić information content (AvgIpc) is 2.90. The fourth-order valence-corrected chi connectivity index (χ4v) is 2.84. The first kappa shape index (κ1) is 17.3. The summed E-state index contributed by atoms with van der Waals surface area (Å²) in [5.74, 6) is 0.696. The van der Waals surface area contributed by atoms with E-state index < -0.39 is 5.97 Å². The van der Waals surface area contributed by atoms with Crippen molar-refractivity contribution in [2.24, 2.45) is 0 Å². The standard InChI is InChI=1S/C17H21NO4S/c1-17(2,3)13-8-12(21-4)5-6-14(13)22-9-15-18-11(10-23-15)7-16(19)20/h5-6,8,10H,7,9H2,1-4H3,(H,19,20). The molecule has 0 aliphatic rings. The molecule has 23 heavy (non-hydrogen) atoms. The number of benzene rings is 1. The molecule has 2 rings (SSSR count). The van der Waals surface area contributed by atoms with E-state index in [4.69, 9.17) is 14.6 Å². The van der Waals surface area contributed by atoms with Crippen molar-refractivity contribution in [3.05, 3.63) is 39.8 Å². The van der Waals surface area contributed by atoms with E-state index in [1.165, 1.54) is 11.3 Å². The number of ether oxygens (including phenoxy) is 2. The first-order chi connectivity index (χ1) is 10.8. The Morgan fingerprint density at radius 3 is 2.70 bits per heavy atom. The van der Waals surface area contributed by atoms with E-state index in [0.717, 1.165) is 22.1 Å². The molecular weight excluding hydrogens is 314 g/mol. The summed E-state index contributed by atoms with van der Waals surface area (Å²) >= 11 is 1.41. The summed E-state index contributed by atoms with van der Waals surface area (Å²) < 4.78 is 11.2. The molecule has 1 heterocycles. The lowest BCUT2D eigenvalue weighted by molar-refractivity contribution is -0.136. The van der Waals surface area contributed by atoms with Gasteiger partial charge in [0.2, 0.25) is 0 Å². The number of hydrogen-bond acceptors (Lipinski definition) is 5. The van der Waals surface area contributed by atoms with E-state index in [1.807, 2.05) is 18.2 Å². The molecule has 0 aliphatic heterocycles. The minimum Gasteiger partial charge on any atom is -0.497 e. The number of aliphatic carboxylic acids is 1. The SMILES string of the molecule is COc1ccc(OCc2nc(CC(=O)O)cs2)c(C(C)(C)C)c1. The second kappa shape index (κ2) is 7.00. The molecule has 1 N–H and O–H groups in total. The van der Waals surface area contributed by atoms with Crippen LogP contribution in [-0.2, 0) is 23.2 Å². The van der Waals surface area contributed by atoms with Crippen molar-refractivity contribution in [2.45, 2.75) is 39.2 Å².